The zero-order chi connectivity index (χ0) is 13.3. The molecule has 1 atom stereocenters. The van der Waals surface area contributed by atoms with Crippen LogP contribution >= 0.6 is 11.6 Å². The molecule has 1 heterocycles. The molecule has 1 saturated heterocycles. The summed E-state index contributed by atoms with van der Waals surface area (Å²) in [5, 5.41) is 10.6. The molecule has 96 valence electrons. The lowest BCUT2D eigenvalue weighted by atomic mass is 10.1. The highest BCUT2D eigenvalue weighted by Gasteiger charge is 2.34. The van der Waals surface area contributed by atoms with Crippen molar-refractivity contribution in [3.63, 3.8) is 0 Å². The smallest absolute Gasteiger partial charge is 0.327 e. The summed E-state index contributed by atoms with van der Waals surface area (Å²) in [6.07, 6.45) is -0.901. The molecule has 0 bridgehead atoms. The number of nitrogens with zero attached hydrogens (tertiary/aromatic N) is 2. The molecule has 1 aliphatic rings. The maximum Gasteiger partial charge on any atom is 0.327 e. The molecule has 18 heavy (non-hydrogen) atoms. The summed E-state index contributed by atoms with van der Waals surface area (Å²) in [5.74, 6) is -0.296. The van der Waals surface area contributed by atoms with Crippen LogP contribution in [0, 0.1) is 0 Å². The van der Waals surface area contributed by atoms with Gasteiger partial charge in [0.25, 0.3) is 0 Å². The Morgan fingerprint density at radius 3 is 2.44 bits per heavy atom. The van der Waals surface area contributed by atoms with Gasteiger partial charge in [0.2, 0.25) is 5.91 Å². The number of likely N-dealkylation sites (N-methyl/N-ethyl adjacent to an activating group) is 1. The van der Waals surface area contributed by atoms with Gasteiger partial charge in [0, 0.05) is 12.1 Å². The van der Waals surface area contributed by atoms with Crippen LogP contribution < -0.4 is 0 Å². The Hall–Kier alpha value is -1.59. The fourth-order valence-corrected chi connectivity index (χ4v) is 1.94. The Bertz CT molecular complexity index is 475. The van der Waals surface area contributed by atoms with Gasteiger partial charge in [-0.25, -0.2) is 4.79 Å². The van der Waals surface area contributed by atoms with Gasteiger partial charge in [-0.15, -0.1) is 0 Å². The van der Waals surface area contributed by atoms with Gasteiger partial charge in [0.1, 0.15) is 6.54 Å². The zero-order valence-corrected chi connectivity index (χ0v) is 10.6. The maximum absolute atomic E-state index is 11.6. The van der Waals surface area contributed by atoms with Gasteiger partial charge in [-0.1, -0.05) is 23.7 Å². The number of carbonyl (C=O) groups is 2. The van der Waals surface area contributed by atoms with Crippen molar-refractivity contribution in [3.05, 3.63) is 34.9 Å². The summed E-state index contributed by atoms with van der Waals surface area (Å²) in [6, 6.07) is 6.26. The normalized spacial score (nSPS) is 17.5. The third kappa shape index (κ3) is 2.47. The van der Waals surface area contributed by atoms with Crippen molar-refractivity contribution in [1.82, 2.24) is 9.80 Å². The van der Waals surface area contributed by atoms with E-state index in [2.05, 4.69) is 0 Å². The molecule has 1 N–H and O–H groups in total. The van der Waals surface area contributed by atoms with E-state index in [1.54, 1.807) is 31.3 Å². The predicted octanol–water partition coefficient (Wildman–Crippen LogP) is 1.27. The number of β-amino-alcohol motifs (C(OH)–C–C–N with tert-alkyl or cyclic N) is 1. The molecular weight excluding hydrogens is 256 g/mol. The van der Waals surface area contributed by atoms with Crippen molar-refractivity contribution in [1.29, 1.82) is 0 Å². The molecular formula is C12H13ClN2O3. The van der Waals surface area contributed by atoms with E-state index in [0.29, 0.717) is 10.6 Å². The average Bonchev–Trinajstić information content (AvgIpc) is 2.57. The zero-order valence-electron chi connectivity index (χ0n) is 9.84. The van der Waals surface area contributed by atoms with E-state index in [9.17, 15) is 14.7 Å². The van der Waals surface area contributed by atoms with Crippen LogP contribution in [0.15, 0.2) is 24.3 Å². The largest absolute Gasteiger partial charge is 0.387 e. The number of carbonyl (C=O) groups excluding carboxylic acids is 2. The summed E-state index contributed by atoms with van der Waals surface area (Å²) in [7, 11) is 1.55. The molecule has 1 fully saturated rings. The van der Waals surface area contributed by atoms with Gasteiger partial charge < -0.3 is 10.0 Å². The number of hydrogen-bond donors (Lipinski definition) is 1. The number of urea groups is 1. The standard InChI is InChI=1S/C12H13ClN2O3/c1-14-7-11(17)15(12(14)18)6-10(16)8-2-4-9(13)5-3-8/h2-5,10,16H,6-7H2,1H3. The lowest BCUT2D eigenvalue weighted by molar-refractivity contribution is -0.126. The highest BCUT2D eigenvalue weighted by Crippen LogP contribution is 2.19. The molecule has 1 aliphatic heterocycles. The Labute approximate surface area is 110 Å². The van der Waals surface area contributed by atoms with Crippen molar-refractivity contribution < 1.29 is 14.7 Å². The summed E-state index contributed by atoms with van der Waals surface area (Å²) < 4.78 is 0. The number of hydrogen-bond acceptors (Lipinski definition) is 3. The van der Waals surface area contributed by atoms with Crippen LogP contribution in [0.2, 0.25) is 5.02 Å². The van der Waals surface area contributed by atoms with Crippen molar-refractivity contribution in [3.8, 4) is 0 Å². The van der Waals surface area contributed by atoms with Crippen LogP contribution in [0.1, 0.15) is 11.7 Å². The topological polar surface area (TPSA) is 60.9 Å². The van der Waals surface area contributed by atoms with E-state index in [1.807, 2.05) is 0 Å². The Morgan fingerprint density at radius 2 is 1.94 bits per heavy atom. The van der Waals surface area contributed by atoms with E-state index in [-0.39, 0.29) is 25.0 Å². The molecule has 0 aliphatic carbocycles. The second-order valence-corrected chi connectivity index (χ2v) is 4.65. The number of aliphatic hydroxyl groups is 1. The molecule has 0 aromatic heterocycles. The lowest BCUT2D eigenvalue weighted by Crippen LogP contribution is -2.35. The second kappa shape index (κ2) is 4.96. The summed E-state index contributed by atoms with van der Waals surface area (Å²) in [4.78, 5) is 25.6. The highest BCUT2D eigenvalue weighted by atomic mass is 35.5. The minimum absolute atomic E-state index is 0.0381. The van der Waals surface area contributed by atoms with Crippen molar-refractivity contribution in [2.75, 3.05) is 20.1 Å². The fourth-order valence-electron chi connectivity index (χ4n) is 1.81. The van der Waals surface area contributed by atoms with Crippen molar-refractivity contribution >= 4 is 23.5 Å². The van der Waals surface area contributed by atoms with E-state index in [0.717, 1.165) is 4.90 Å². The summed E-state index contributed by atoms with van der Waals surface area (Å²) in [6.45, 7) is 0.0236. The van der Waals surface area contributed by atoms with E-state index in [1.165, 1.54) is 4.90 Å². The average molecular weight is 269 g/mol. The Balaban J connectivity index is 2.07. The van der Waals surface area contributed by atoms with Crippen LogP contribution in [-0.2, 0) is 4.79 Å². The van der Waals surface area contributed by atoms with Gasteiger partial charge in [0.05, 0.1) is 12.6 Å². The number of rotatable bonds is 3. The molecule has 0 saturated carbocycles. The quantitative estimate of drug-likeness (QED) is 0.840. The maximum atomic E-state index is 11.6. The minimum atomic E-state index is -0.901. The van der Waals surface area contributed by atoms with E-state index < -0.39 is 6.10 Å². The first-order valence-corrected chi connectivity index (χ1v) is 5.86. The predicted molar refractivity (Wildman–Crippen MR) is 66.2 cm³/mol. The van der Waals surface area contributed by atoms with Gasteiger partial charge in [-0.05, 0) is 17.7 Å². The molecule has 6 heteroatoms. The third-order valence-electron chi connectivity index (χ3n) is 2.84. The van der Waals surface area contributed by atoms with Gasteiger partial charge >= 0.3 is 6.03 Å². The first-order valence-electron chi connectivity index (χ1n) is 5.48. The molecule has 2 rings (SSSR count). The Kier molecular flexibility index (Phi) is 3.54. The molecule has 3 amide bonds. The summed E-state index contributed by atoms with van der Waals surface area (Å²) >= 11 is 5.75. The first-order chi connectivity index (χ1) is 8.49. The molecule has 1 aromatic carbocycles. The minimum Gasteiger partial charge on any atom is -0.387 e. The number of imide groups is 1. The third-order valence-corrected chi connectivity index (χ3v) is 3.09. The van der Waals surface area contributed by atoms with E-state index >= 15 is 0 Å². The van der Waals surface area contributed by atoms with Gasteiger partial charge in [-0.2, -0.15) is 0 Å². The molecule has 1 unspecified atom stereocenters. The fraction of sp³-hybridized carbons (Fsp3) is 0.333. The van der Waals surface area contributed by atoms with E-state index in [4.69, 9.17) is 11.6 Å². The van der Waals surface area contributed by atoms with Crippen LogP contribution in [0.25, 0.3) is 0 Å². The SMILES string of the molecule is CN1CC(=O)N(CC(O)c2ccc(Cl)cc2)C1=O. The number of halogens is 1. The lowest BCUT2D eigenvalue weighted by Gasteiger charge is -2.18. The molecule has 1 aromatic rings. The number of benzene rings is 1. The second-order valence-electron chi connectivity index (χ2n) is 4.21. The monoisotopic (exact) mass is 268 g/mol. The number of amides is 3. The van der Waals surface area contributed by atoms with Crippen molar-refractivity contribution in [2.45, 2.75) is 6.10 Å². The Morgan fingerprint density at radius 1 is 1.33 bits per heavy atom. The van der Waals surface area contributed by atoms with Crippen LogP contribution in [0.5, 0.6) is 0 Å². The highest BCUT2D eigenvalue weighted by molar-refractivity contribution is 6.30. The molecule has 0 spiro atoms. The first kappa shape index (κ1) is 12.9. The van der Waals surface area contributed by atoms with Crippen LogP contribution in [0.4, 0.5) is 4.79 Å². The van der Waals surface area contributed by atoms with Gasteiger partial charge in [0.15, 0.2) is 0 Å². The molecule has 0 radical (unpaired) electrons. The van der Waals surface area contributed by atoms with Gasteiger partial charge in [-0.3, -0.25) is 9.69 Å². The summed E-state index contributed by atoms with van der Waals surface area (Å²) in [5.41, 5.74) is 0.620. The molecule has 5 nitrogen and oxygen atoms in total. The van der Waals surface area contributed by atoms with Crippen LogP contribution in [0.3, 0.4) is 0 Å². The van der Waals surface area contributed by atoms with Crippen LogP contribution in [-0.4, -0.2) is 47.0 Å². The van der Waals surface area contributed by atoms with Crippen molar-refractivity contribution in [2.24, 2.45) is 0 Å². The number of aliphatic hydroxyl groups excluding tert-OH is 1.